The number of hydrogen-bond donors (Lipinski definition) is 1. The number of aliphatic hydroxyl groups excluding tert-OH is 1. The Balaban J connectivity index is 1.73. The van der Waals surface area contributed by atoms with E-state index in [1.807, 2.05) is 19.1 Å². The van der Waals surface area contributed by atoms with Gasteiger partial charge in [0.1, 0.15) is 11.5 Å². The Labute approximate surface area is 199 Å². The molecular formula is C28H28N2O4. The molecule has 4 rings (SSSR count). The first kappa shape index (κ1) is 23.2. The number of nitrogens with zero attached hydrogens (tertiary/aromatic N) is 2. The second-order valence-electron chi connectivity index (χ2n) is 8.37. The van der Waals surface area contributed by atoms with E-state index >= 15 is 0 Å². The fraction of sp³-hybridized carbons (Fsp3) is 0.250. The molecule has 1 fully saturated rings. The zero-order valence-corrected chi connectivity index (χ0v) is 19.4. The first-order valence-electron chi connectivity index (χ1n) is 11.5. The molecule has 0 bridgehead atoms. The van der Waals surface area contributed by atoms with Crippen molar-refractivity contribution in [3.05, 3.63) is 95.3 Å². The standard InChI is InChI=1S/C28H28N2O4/c1-3-4-5-18-34-23-12-8-21(9-13-23)26(31)24-25(20-14-16-29-17-15-20)30(28(33)27(24)32)22-10-6-19(2)7-11-22/h6-17,25,31H,3-5,18H2,1-2H3/b26-24-. The molecule has 1 aliphatic heterocycles. The fourth-order valence-corrected chi connectivity index (χ4v) is 4.07. The summed E-state index contributed by atoms with van der Waals surface area (Å²) < 4.78 is 5.75. The number of rotatable bonds is 8. The van der Waals surface area contributed by atoms with Gasteiger partial charge in [-0.15, -0.1) is 0 Å². The van der Waals surface area contributed by atoms with Gasteiger partial charge in [-0.1, -0.05) is 37.5 Å². The average molecular weight is 457 g/mol. The van der Waals surface area contributed by atoms with E-state index in [4.69, 9.17) is 4.74 Å². The Hall–Kier alpha value is -3.93. The predicted molar refractivity (Wildman–Crippen MR) is 132 cm³/mol. The lowest BCUT2D eigenvalue weighted by molar-refractivity contribution is -0.132. The van der Waals surface area contributed by atoms with Gasteiger partial charge in [0.25, 0.3) is 11.7 Å². The molecule has 0 radical (unpaired) electrons. The van der Waals surface area contributed by atoms with Crippen molar-refractivity contribution in [1.82, 2.24) is 4.98 Å². The molecule has 3 aromatic rings. The molecule has 2 aromatic carbocycles. The van der Waals surface area contributed by atoms with E-state index < -0.39 is 17.7 Å². The number of aryl methyl sites for hydroxylation is 1. The van der Waals surface area contributed by atoms with Crippen LogP contribution in [-0.4, -0.2) is 28.4 Å². The number of Topliss-reactive ketones (excluding diaryl/α,β-unsaturated/α-hetero) is 1. The van der Waals surface area contributed by atoms with E-state index in [2.05, 4.69) is 11.9 Å². The van der Waals surface area contributed by atoms with E-state index in [0.29, 0.717) is 29.2 Å². The van der Waals surface area contributed by atoms with Crippen LogP contribution in [0.5, 0.6) is 5.75 Å². The number of pyridine rings is 1. The third-order valence-corrected chi connectivity index (χ3v) is 5.92. The maximum atomic E-state index is 13.2. The highest BCUT2D eigenvalue weighted by Crippen LogP contribution is 2.42. The first-order valence-corrected chi connectivity index (χ1v) is 11.5. The zero-order valence-electron chi connectivity index (χ0n) is 19.4. The van der Waals surface area contributed by atoms with Crippen molar-refractivity contribution in [3.8, 4) is 5.75 Å². The Bertz CT molecular complexity index is 1190. The summed E-state index contributed by atoms with van der Waals surface area (Å²) in [5.41, 5.74) is 2.81. The van der Waals surface area contributed by atoms with Gasteiger partial charge in [-0.2, -0.15) is 0 Å². The topological polar surface area (TPSA) is 79.7 Å². The quantitative estimate of drug-likeness (QED) is 0.207. The van der Waals surface area contributed by atoms with Gasteiger partial charge in [-0.25, -0.2) is 0 Å². The lowest BCUT2D eigenvalue weighted by Gasteiger charge is -2.25. The molecule has 1 N–H and O–H groups in total. The van der Waals surface area contributed by atoms with Crippen LogP contribution in [0.15, 0.2) is 78.6 Å². The van der Waals surface area contributed by atoms with Crippen molar-refractivity contribution in [1.29, 1.82) is 0 Å². The Kier molecular flexibility index (Phi) is 7.07. The number of amides is 1. The number of hydrogen-bond acceptors (Lipinski definition) is 5. The van der Waals surface area contributed by atoms with Gasteiger partial charge < -0.3 is 9.84 Å². The smallest absolute Gasteiger partial charge is 0.300 e. The summed E-state index contributed by atoms with van der Waals surface area (Å²) in [7, 11) is 0. The van der Waals surface area contributed by atoms with Crippen LogP contribution in [0.4, 0.5) is 5.69 Å². The second kappa shape index (κ2) is 10.3. The number of anilines is 1. The van der Waals surface area contributed by atoms with Crippen LogP contribution in [0.1, 0.15) is 48.9 Å². The van der Waals surface area contributed by atoms with Crippen molar-refractivity contribution >= 4 is 23.1 Å². The molecule has 1 saturated heterocycles. The minimum atomic E-state index is -0.768. The second-order valence-corrected chi connectivity index (χ2v) is 8.37. The molecule has 6 heteroatoms. The van der Waals surface area contributed by atoms with Crippen molar-refractivity contribution in [2.45, 2.75) is 39.2 Å². The average Bonchev–Trinajstić information content (AvgIpc) is 3.13. The lowest BCUT2D eigenvalue weighted by Crippen LogP contribution is -2.29. The van der Waals surface area contributed by atoms with Crippen LogP contribution >= 0.6 is 0 Å². The summed E-state index contributed by atoms with van der Waals surface area (Å²) in [6, 6.07) is 17.0. The van der Waals surface area contributed by atoms with Crippen molar-refractivity contribution in [3.63, 3.8) is 0 Å². The zero-order chi connectivity index (χ0) is 24.1. The van der Waals surface area contributed by atoms with E-state index in [0.717, 1.165) is 24.8 Å². The van der Waals surface area contributed by atoms with Crippen molar-refractivity contribution < 1.29 is 19.4 Å². The number of carbonyl (C=O) groups excluding carboxylic acids is 2. The van der Waals surface area contributed by atoms with Crippen LogP contribution in [0.2, 0.25) is 0 Å². The fourth-order valence-electron chi connectivity index (χ4n) is 4.07. The third kappa shape index (κ3) is 4.71. The van der Waals surface area contributed by atoms with Crippen LogP contribution in [0, 0.1) is 6.92 Å². The molecule has 6 nitrogen and oxygen atoms in total. The summed E-state index contributed by atoms with van der Waals surface area (Å²) in [5, 5.41) is 11.2. The van der Waals surface area contributed by atoms with E-state index in [-0.39, 0.29) is 11.3 Å². The van der Waals surface area contributed by atoms with E-state index in [1.54, 1.807) is 60.9 Å². The number of ketones is 1. The van der Waals surface area contributed by atoms with Crippen LogP contribution in [0.25, 0.3) is 5.76 Å². The van der Waals surface area contributed by atoms with Gasteiger partial charge in [0.2, 0.25) is 0 Å². The van der Waals surface area contributed by atoms with Gasteiger partial charge in [-0.05, 0) is 67.4 Å². The number of carbonyl (C=O) groups is 2. The Morgan fingerprint density at radius 2 is 1.65 bits per heavy atom. The largest absolute Gasteiger partial charge is 0.507 e. The Morgan fingerprint density at radius 1 is 0.971 bits per heavy atom. The molecule has 174 valence electrons. The van der Waals surface area contributed by atoms with Gasteiger partial charge in [0.05, 0.1) is 18.2 Å². The normalized spacial score (nSPS) is 17.2. The summed E-state index contributed by atoms with van der Waals surface area (Å²) in [6.07, 6.45) is 6.42. The third-order valence-electron chi connectivity index (χ3n) is 5.92. The van der Waals surface area contributed by atoms with Gasteiger partial charge in [0.15, 0.2) is 0 Å². The number of ether oxygens (including phenoxy) is 1. The highest BCUT2D eigenvalue weighted by molar-refractivity contribution is 6.51. The molecule has 1 unspecified atom stereocenters. The molecule has 1 amide bonds. The van der Waals surface area contributed by atoms with Crippen LogP contribution < -0.4 is 9.64 Å². The first-order chi connectivity index (χ1) is 16.5. The highest BCUT2D eigenvalue weighted by atomic mass is 16.5. The van der Waals surface area contributed by atoms with Crippen molar-refractivity contribution in [2.75, 3.05) is 11.5 Å². The maximum Gasteiger partial charge on any atom is 0.300 e. The highest BCUT2D eigenvalue weighted by Gasteiger charge is 2.46. The molecule has 34 heavy (non-hydrogen) atoms. The van der Waals surface area contributed by atoms with Crippen LogP contribution in [0.3, 0.4) is 0 Å². The molecule has 1 aromatic heterocycles. The molecule has 2 heterocycles. The number of benzene rings is 2. The molecular weight excluding hydrogens is 428 g/mol. The molecule has 0 saturated carbocycles. The van der Waals surface area contributed by atoms with Crippen molar-refractivity contribution in [2.24, 2.45) is 0 Å². The SMILES string of the molecule is CCCCCOc1ccc(/C(O)=C2/C(=O)C(=O)N(c3ccc(C)cc3)C2c2ccncc2)cc1. The molecule has 0 aliphatic carbocycles. The van der Waals surface area contributed by atoms with E-state index in [9.17, 15) is 14.7 Å². The number of aromatic nitrogens is 1. The molecule has 1 atom stereocenters. The minimum absolute atomic E-state index is 0.0494. The van der Waals surface area contributed by atoms with E-state index in [1.165, 1.54) is 4.90 Å². The minimum Gasteiger partial charge on any atom is -0.507 e. The van der Waals surface area contributed by atoms with Crippen LogP contribution in [-0.2, 0) is 9.59 Å². The van der Waals surface area contributed by atoms with Gasteiger partial charge in [0, 0.05) is 23.6 Å². The summed E-state index contributed by atoms with van der Waals surface area (Å²) in [5.74, 6) is -0.923. The summed E-state index contributed by atoms with van der Waals surface area (Å²) in [6.45, 7) is 4.72. The van der Waals surface area contributed by atoms with Gasteiger partial charge >= 0.3 is 0 Å². The number of aliphatic hydroxyl groups is 1. The Morgan fingerprint density at radius 3 is 2.29 bits per heavy atom. The monoisotopic (exact) mass is 456 g/mol. The lowest BCUT2D eigenvalue weighted by atomic mass is 9.95. The van der Waals surface area contributed by atoms with Gasteiger partial charge in [-0.3, -0.25) is 19.5 Å². The predicted octanol–water partition coefficient (Wildman–Crippen LogP) is 5.59. The maximum absolute atomic E-state index is 13.2. The molecule has 1 aliphatic rings. The number of unbranched alkanes of at least 4 members (excludes halogenated alkanes) is 2. The summed E-state index contributed by atoms with van der Waals surface area (Å²) in [4.78, 5) is 31.8. The summed E-state index contributed by atoms with van der Waals surface area (Å²) >= 11 is 0. The molecule has 0 spiro atoms.